The summed E-state index contributed by atoms with van der Waals surface area (Å²) in [5.74, 6) is 0.827. The number of piperidine rings is 1. The van der Waals surface area contributed by atoms with E-state index in [0.717, 1.165) is 50.5 Å². The van der Waals surface area contributed by atoms with Crippen LogP contribution in [0.5, 0.6) is 0 Å². The Morgan fingerprint density at radius 3 is 2.52 bits per heavy atom. The lowest BCUT2D eigenvalue weighted by molar-refractivity contribution is 0.346. The first kappa shape index (κ1) is 18.6. The maximum Gasteiger partial charge on any atom is 0.258 e. The number of hydrogen-bond acceptors (Lipinski definition) is 6. The van der Waals surface area contributed by atoms with Gasteiger partial charge in [0.1, 0.15) is 0 Å². The predicted molar refractivity (Wildman–Crippen MR) is 101 cm³/mol. The van der Waals surface area contributed by atoms with Crippen LogP contribution in [-0.4, -0.2) is 36.0 Å². The molecule has 2 aromatic rings. The van der Waals surface area contributed by atoms with Gasteiger partial charge in [-0.05, 0) is 50.3 Å². The summed E-state index contributed by atoms with van der Waals surface area (Å²) in [6.45, 7) is 2.96. The van der Waals surface area contributed by atoms with E-state index in [1.807, 2.05) is 13.0 Å². The third-order valence-corrected chi connectivity index (χ3v) is 7.78. The number of aryl methyl sites for hydroxylation is 1. The highest BCUT2D eigenvalue weighted by Crippen LogP contribution is 2.36. The zero-order chi connectivity index (χ0) is 19.1. The number of rotatable bonds is 4. The molecule has 2 heterocycles. The van der Waals surface area contributed by atoms with E-state index in [1.54, 1.807) is 16.4 Å². The van der Waals surface area contributed by atoms with Gasteiger partial charge in [0.2, 0.25) is 10.0 Å². The lowest BCUT2D eigenvalue weighted by Crippen LogP contribution is -2.36. The monoisotopic (exact) mass is 390 g/mol. The molecular formula is C19H26N4O3S. The molecule has 1 aromatic heterocycles. The van der Waals surface area contributed by atoms with Crippen molar-refractivity contribution >= 4 is 10.0 Å². The summed E-state index contributed by atoms with van der Waals surface area (Å²) in [7, 11) is -3.53. The molecule has 0 radical (unpaired) electrons. The van der Waals surface area contributed by atoms with E-state index >= 15 is 0 Å². The van der Waals surface area contributed by atoms with Gasteiger partial charge >= 0.3 is 0 Å². The van der Waals surface area contributed by atoms with Crippen LogP contribution in [-0.2, 0) is 15.6 Å². The normalized spacial score (nSPS) is 20.8. The van der Waals surface area contributed by atoms with Gasteiger partial charge in [-0.2, -0.15) is 9.29 Å². The first-order valence-corrected chi connectivity index (χ1v) is 11.1. The molecule has 0 spiro atoms. The van der Waals surface area contributed by atoms with Crippen LogP contribution in [0.25, 0.3) is 11.5 Å². The summed E-state index contributed by atoms with van der Waals surface area (Å²) >= 11 is 0. The lowest BCUT2D eigenvalue weighted by atomic mass is 9.99. The summed E-state index contributed by atoms with van der Waals surface area (Å²) in [6.07, 6.45) is 6.69. The minimum Gasteiger partial charge on any atom is -0.334 e. The molecule has 1 aliphatic carbocycles. The predicted octanol–water partition coefficient (Wildman–Crippen LogP) is 2.95. The van der Waals surface area contributed by atoms with Crippen molar-refractivity contribution in [2.45, 2.75) is 62.3 Å². The Hall–Kier alpha value is -1.77. The van der Waals surface area contributed by atoms with Crippen LogP contribution in [0.15, 0.2) is 27.6 Å². The van der Waals surface area contributed by atoms with Crippen molar-refractivity contribution in [3.63, 3.8) is 0 Å². The van der Waals surface area contributed by atoms with Crippen LogP contribution < -0.4 is 5.73 Å². The molecule has 2 fully saturated rings. The Labute approximate surface area is 160 Å². The van der Waals surface area contributed by atoms with Crippen molar-refractivity contribution in [3.8, 4) is 11.5 Å². The number of nitrogens with zero attached hydrogens (tertiary/aromatic N) is 3. The van der Waals surface area contributed by atoms with E-state index < -0.39 is 15.6 Å². The molecule has 1 aliphatic heterocycles. The fourth-order valence-corrected chi connectivity index (χ4v) is 5.80. The molecule has 2 N–H and O–H groups in total. The highest BCUT2D eigenvalue weighted by molar-refractivity contribution is 7.89. The van der Waals surface area contributed by atoms with Crippen LogP contribution in [0.2, 0.25) is 0 Å². The molecule has 0 bridgehead atoms. The van der Waals surface area contributed by atoms with Gasteiger partial charge in [0.25, 0.3) is 5.89 Å². The zero-order valence-corrected chi connectivity index (χ0v) is 16.5. The summed E-state index contributed by atoms with van der Waals surface area (Å²) in [6, 6.07) is 5.26. The van der Waals surface area contributed by atoms with Gasteiger partial charge in [0.05, 0.1) is 10.4 Å². The minimum absolute atomic E-state index is 0.310. The van der Waals surface area contributed by atoms with Crippen LogP contribution in [0.3, 0.4) is 0 Å². The van der Waals surface area contributed by atoms with Crippen molar-refractivity contribution in [3.05, 3.63) is 29.6 Å². The van der Waals surface area contributed by atoms with E-state index in [1.165, 1.54) is 0 Å². The first-order chi connectivity index (χ1) is 12.9. The highest BCUT2D eigenvalue weighted by atomic mass is 32.2. The number of nitrogens with two attached hydrogens (primary N) is 1. The Morgan fingerprint density at radius 2 is 1.81 bits per heavy atom. The standard InChI is InChI=1S/C19H26N4O3S/c1-14-7-8-15(13-16(14)27(24,25)23-11-5-2-6-12-23)17-21-18(22-26-17)19(20)9-3-4-10-19/h7-8,13H,2-6,9-12,20H2,1H3. The SMILES string of the molecule is Cc1ccc(-c2nc(C3(N)CCCC3)no2)cc1S(=O)(=O)N1CCCCC1. The second kappa shape index (κ2) is 7.00. The van der Waals surface area contributed by atoms with Crippen molar-refractivity contribution in [1.29, 1.82) is 0 Å². The molecule has 0 atom stereocenters. The van der Waals surface area contributed by atoms with Gasteiger partial charge in [-0.25, -0.2) is 8.42 Å². The van der Waals surface area contributed by atoms with Gasteiger partial charge in [-0.1, -0.05) is 30.5 Å². The second-order valence-electron chi connectivity index (χ2n) is 7.73. The van der Waals surface area contributed by atoms with Crippen molar-refractivity contribution in [1.82, 2.24) is 14.4 Å². The molecule has 2 aliphatic rings. The van der Waals surface area contributed by atoms with E-state index in [4.69, 9.17) is 10.3 Å². The van der Waals surface area contributed by atoms with E-state index in [-0.39, 0.29) is 0 Å². The summed E-state index contributed by atoms with van der Waals surface area (Å²) in [4.78, 5) is 4.80. The van der Waals surface area contributed by atoms with Gasteiger partial charge in [-0.3, -0.25) is 0 Å². The minimum atomic E-state index is -3.53. The topological polar surface area (TPSA) is 102 Å². The molecule has 0 unspecified atom stereocenters. The van der Waals surface area contributed by atoms with E-state index in [9.17, 15) is 8.42 Å². The Kier molecular flexibility index (Phi) is 4.82. The molecular weight excluding hydrogens is 364 g/mol. The van der Waals surface area contributed by atoms with Gasteiger partial charge in [-0.15, -0.1) is 0 Å². The zero-order valence-electron chi connectivity index (χ0n) is 15.6. The smallest absolute Gasteiger partial charge is 0.258 e. The average molecular weight is 391 g/mol. The molecule has 8 heteroatoms. The third-order valence-electron chi connectivity index (χ3n) is 5.74. The van der Waals surface area contributed by atoms with Crippen LogP contribution >= 0.6 is 0 Å². The van der Waals surface area contributed by atoms with E-state index in [2.05, 4.69) is 10.1 Å². The van der Waals surface area contributed by atoms with Gasteiger partial charge in [0.15, 0.2) is 5.82 Å². The van der Waals surface area contributed by atoms with Crippen molar-refractivity contribution < 1.29 is 12.9 Å². The maximum absolute atomic E-state index is 13.1. The average Bonchev–Trinajstić information content (AvgIpc) is 3.33. The fourth-order valence-electron chi connectivity index (χ4n) is 4.03. The largest absolute Gasteiger partial charge is 0.334 e. The summed E-state index contributed by atoms with van der Waals surface area (Å²) in [5, 5.41) is 4.08. The Morgan fingerprint density at radius 1 is 1.11 bits per heavy atom. The van der Waals surface area contributed by atoms with E-state index in [0.29, 0.717) is 35.3 Å². The molecule has 4 rings (SSSR count). The molecule has 0 amide bonds. The summed E-state index contributed by atoms with van der Waals surface area (Å²) in [5.41, 5.74) is 7.20. The molecule has 1 saturated heterocycles. The van der Waals surface area contributed by atoms with Crippen molar-refractivity contribution in [2.75, 3.05) is 13.1 Å². The van der Waals surface area contributed by atoms with Crippen LogP contribution in [0.4, 0.5) is 0 Å². The molecule has 146 valence electrons. The van der Waals surface area contributed by atoms with Crippen LogP contribution in [0.1, 0.15) is 56.3 Å². The quantitative estimate of drug-likeness (QED) is 0.861. The Balaban J connectivity index is 1.68. The molecule has 1 saturated carbocycles. The summed E-state index contributed by atoms with van der Waals surface area (Å²) < 4.78 is 33.2. The van der Waals surface area contributed by atoms with Crippen molar-refractivity contribution in [2.24, 2.45) is 5.73 Å². The Bertz CT molecular complexity index is 926. The lowest BCUT2D eigenvalue weighted by Gasteiger charge is -2.26. The maximum atomic E-state index is 13.1. The van der Waals surface area contributed by atoms with Gasteiger partial charge < -0.3 is 10.3 Å². The van der Waals surface area contributed by atoms with Gasteiger partial charge in [0, 0.05) is 18.7 Å². The molecule has 7 nitrogen and oxygen atoms in total. The first-order valence-electron chi connectivity index (χ1n) is 9.64. The number of aromatic nitrogens is 2. The fraction of sp³-hybridized carbons (Fsp3) is 0.579. The number of sulfonamides is 1. The van der Waals surface area contributed by atoms with Crippen LogP contribution in [0, 0.1) is 6.92 Å². The number of hydrogen-bond donors (Lipinski definition) is 1. The third kappa shape index (κ3) is 3.41. The number of benzene rings is 1. The molecule has 1 aromatic carbocycles. The second-order valence-corrected chi connectivity index (χ2v) is 9.64. The molecule has 27 heavy (non-hydrogen) atoms. The highest BCUT2D eigenvalue weighted by Gasteiger charge is 2.36.